The van der Waals surface area contributed by atoms with Gasteiger partial charge in [0.2, 0.25) is 5.91 Å². The molecule has 4 amide bonds. The smallest absolute Gasteiger partial charge is 0.323 e. The van der Waals surface area contributed by atoms with Gasteiger partial charge in [0.25, 0.3) is 5.91 Å². The zero-order valence-corrected chi connectivity index (χ0v) is 15.5. The summed E-state index contributed by atoms with van der Waals surface area (Å²) in [6.45, 7) is 1.53. The summed E-state index contributed by atoms with van der Waals surface area (Å²) >= 11 is 6.13. The molecule has 0 aromatic heterocycles. The Morgan fingerprint density at radius 1 is 1.26 bits per heavy atom. The molecule has 1 aliphatic carbocycles. The minimum atomic E-state index is -1.06. The normalized spacial score (nSPS) is 20.7. The van der Waals surface area contributed by atoms with Crippen LogP contribution in [0.2, 0.25) is 5.02 Å². The topological polar surface area (TPSA) is 78.5 Å². The average molecular weight is 384 g/mol. The average Bonchev–Trinajstić information content (AvgIpc) is 3.11. The van der Waals surface area contributed by atoms with Gasteiger partial charge in [-0.3, -0.25) is 14.5 Å². The molecular formula is C20H18ClN3O3. The Hall–Kier alpha value is -2.86. The summed E-state index contributed by atoms with van der Waals surface area (Å²) in [5, 5.41) is 5.87. The van der Waals surface area contributed by atoms with Gasteiger partial charge in [0, 0.05) is 0 Å². The summed E-state index contributed by atoms with van der Waals surface area (Å²) in [7, 11) is 0. The summed E-state index contributed by atoms with van der Waals surface area (Å²) in [6, 6.07) is 12.3. The molecule has 0 saturated carbocycles. The lowest BCUT2D eigenvalue weighted by Gasteiger charge is -2.22. The Balaban J connectivity index is 1.53. The first-order chi connectivity index (χ1) is 12.9. The Bertz CT molecular complexity index is 975. The molecule has 0 radical (unpaired) electrons. The van der Waals surface area contributed by atoms with Crippen molar-refractivity contribution in [2.24, 2.45) is 0 Å². The van der Waals surface area contributed by atoms with E-state index in [4.69, 9.17) is 11.6 Å². The predicted octanol–water partition coefficient (Wildman–Crippen LogP) is 2.98. The molecule has 1 saturated heterocycles. The number of anilines is 1. The summed E-state index contributed by atoms with van der Waals surface area (Å²) in [5.41, 5.74) is 2.21. The Labute approximate surface area is 161 Å². The van der Waals surface area contributed by atoms with Gasteiger partial charge < -0.3 is 10.6 Å². The van der Waals surface area contributed by atoms with Gasteiger partial charge in [-0.2, -0.15) is 0 Å². The number of fused-ring (bicyclic) bond motifs is 2. The summed E-state index contributed by atoms with van der Waals surface area (Å²) in [4.78, 5) is 38.9. The van der Waals surface area contributed by atoms with Crippen LogP contribution in [0.3, 0.4) is 0 Å². The number of halogens is 1. The second-order valence-corrected chi connectivity index (χ2v) is 7.32. The maximum Gasteiger partial charge on any atom is 0.325 e. The zero-order valence-electron chi connectivity index (χ0n) is 14.7. The number of rotatable bonds is 3. The third kappa shape index (κ3) is 2.86. The van der Waals surface area contributed by atoms with Crippen molar-refractivity contribution in [3.8, 4) is 0 Å². The highest BCUT2D eigenvalue weighted by Crippen LogP contribution is 2.41. The maximum absolute atomic E-state index is 13.0. The van der Waals surface area contributed by atoms with Crippen LogP contribution in [0.5, 0.6) is 0 Å². The molecule has 138 valence electrons. The quantitative estimate of drug-likeness (QED) is 0.800. The van der Waals surface area contributed by atoms with Gasteiger partial charge in [-0.05, 0) is 48.6 Å². The zero-order chi connectivity index (χ0) is 19.2. The molecule has 27 heavy (non-hydrogen) atoms. The number of aryl methyl sites for hydroxylation is 2. The van der Waals surface area contributed by atoms with Crippen LogP contribution in [0.15, 0.2) is 42.5 Å². The lowest BCUT2D eigenvalue weighted by atomic mass is 9.92. The number of hydrogen-bond acceptors (Lipinski definition) is 3. The molecule has 7 heteroatoms. The van der Waals surface area contributed by atoms with Crippen LogP contribution >= 0.6 is 11.6 Å². The van der Waals surface area contributed by atoms with Crippen LogP contribution in [0.25, 0.3) is 0 Å². The molecule has 1 spiro atoms. The van der Waals surface area contributed by atoms with E-state index in [2.05, 4.69) is 10.6 Å². The molecule has 2 aromatic rings. The van der Waals surface area contributed by atoms with E-state index >= 15 is 0 Å². The molecule has 2 aliphatic rings. The number of nitrogens with one attached hydrogen (secondary N) is 2. The second-order valence-electron chi connectivity index (χ2n) is 6.92. The van der Waals surface area contributed by atoms with Crippen LogP contribution in [-0.2, 0) is 21.5 Å². The van der Waals surface area contributed by atoms with Gasteiger partial charge in [0.05, 0.1) is 10.7 Å². The Kier molecular flexibility index (Phi) is 4.15. The molecule has 1 atom stereocenters. The molecule has 2 N–H and O–H groups in total. The Morgan fingerprint density at radius 3 is 2.81 bits per heavy atom. The van der Waals surface area contributed by atoms with Crippen molar-refractivity contribution in [3.05, 3.63) is 64.2 Å². The van der Waals surface area contributed by atoms with Crippen molar-refractivity contribution in [2.75, 3.05) is 11.9 Å². The minimum absolute atomic E-state index is 0.362. The second kappa shape index (κ2) is 6.39. The Morgan fingerprint density at radius 2 is 2.04 bits per heavy atom. The number of carbonyl (C=O) groups is 3. The van der Waals surface area contributed by atoms with E-state index in [1.54, 1.807) is 12.1 Å². The van der Waals surface area contributed by atoms with E-state index in [-0.39, 0.29) is 12.5 Å². The fourth-order valence-corrected chi connectivity index (χ4v) is 4.07. The summed E-state index contributed by atoms with van der Waals surface area (Å²) in [5.74, 6) is -0.866. The first-order valence-electron chi connectivity index (χ1n) is 8.69. The molecule has 1 fully saturated rings. The first-order valence-corrected chi connectivity index (χ1v) is 9.07. The van der Waals surface area contributed by atoms with Crippen molar-refractivity contribution in [1.29, 1.82) is 0 Å². The highest BCUT2D eigenvalue weighted by molar-refractivity contribution is 6.33. The van der Waals surface area contributed by atoms with Gasteiger partial charge >= 0.3 is 6.03 Å². The van der Waals surface area contributed by atoms with Gasteiger partial charge in [0.15, 0.2) is 0 Å². The minimum Gasteiger partial charge on any atom is -0.323 e. The van der Waals surface area contributed by atoms with Crippen molar-refractivity contribution >= 4 is 35.1 Å². The lowest BCUT2D eigenvalue weighted by Crippen LogP contribution is -2.43. The number of benzene rings is 2. The van der Waals surface area contributed by atoms with Crippen LogP contribution < -0.4 is 10.6 Å². The number of imide groups is 1. The van der Waals surface area contributed by atoms with E-state index in [9.17, 15) is 14.4 Å². The van der Waals surface area contributed by atoms with Crippen molar-refractivity contribution in [1.82, 2.24) is 10.2 Å². The van der Waals surface area contributed by atoms with Crippen LogP contribution in [0, 0.1) is 6.92 Å². The van der Waals surface area contributed by atoms with Crippen LogP contribution in [-0.4, -0.2) is 29.3 Å². The fraction of sp³-hybridized carbons (Fsp3) is 0.250. The number of carbonyl (C=O) groups excluding carboxylic acids is 3. The molecule has 6 nitrogen and oxygen atoms in total. The third-order valence-electron chi connectivity index (χ3n) is 5.12. The fourth-order valence-electron chi connectivity index (χ4n) is 3.79. The van der Waals surface area contributed by atoms with Gasteiger partial charge in [0.1, 0.15) is 12.1 Å². The highest BCUT2D eigenvalue weighted by Gasteiger charge is 2.55. The molecule has 1 aliphatic heterocycles. The van der Waals surface area contributed by atoms with Gasteiger partial charge in [-0.15, -0.1) is 0 Å². The van der Waals surface area contributed by atoms with Crippen molar-refractivity contribution in [2.45, 2.75) is 25.3 Å². The molecule has 0 bridgehead atoms. The number of amides is 4. The van der Waals surface area contributed by atoms with Crippen molar-refractivity contribution < 1.29 is 14.4 Å². The highest BCUT2D eigenvalue weighted by atomic mass is 35.5. The van der Waals surface area contributed by atoms with Crippen molar-refractivity contribution in [3.63, 3.8) is 0 Å². The van der Waals surface area contributed by atoms with Gasteiger partial charge in [-0.25, -0.2) is 4.79 Å². The predicted molar refractivity (Wildman–Crippen MR) is 102 cm³/mol. The van der Waals surface area contributed by atoms with E-state index in [0.29, 0.717) is 23.6 Å². The maximum atomic E-state index is 13.0. The SMILES string of the molecule is Cc1ccc(NC(=O)CN2C(=O)NC3(CCc4ccccc43)C2=O)c(Cl)c1. The number of nitrogens with zero attached hydrogens (tertiary/aromatic N) is 1. The van der Waals surface area contributed by atoms with Gasteiger partial charge in [-0.1, -0.05) is 41.9 Å². The molecular weight excluding hydrogens is 366 g/mol. The van der Waals surface area contributed by atoms with E-state index in [1.807, 2.05) is 37.3 Å². The van der Waals surface area contributed by atoms with Crippen LogP contribution in [0.4, 0.5) is 10.5 Å². The molecule has 4 rings (SSSR count). The standard InChI is InChI=1S/C20H18ClN3O3/c1-12-6-7-16(15(21)10-12)22-17(25)11-24-18(26)20(23-19(24)27)9-8-13-4-2-3-5-14(13)20/h2-7,10H,8-9,11H2,1H3,(H,22,25)(H,23,27). The third-order valence-corrected chi connectivity index (χ3v) is 5.44. The number of hydrogen-bond donors (Lipinski definition) is 2. The largest absolute Gasteiger partial charge is 0.325 e. The molecule has 1 unspecified atom stereocenters. The first kappa shape index (κ1) is 17.5. The summed E-state index contributed by atoms with van der Waals surface area (Å²) < 4.78 is 0. The van der Waals surface area contributed by atoms with Crippen LogP contribution in [0.1, 0.15) is 23.1 Å². The summed E-state index contributed by atoms with van der Waals surface area (Å²) in [6.07, 6.45) is 1.21. The van der Waals surface area contributed by atoms with E-state index < -0.39 is 17.5 Å². The monoisotopic (exact) mass is 383 g/mol. The molecule has 1 heterocycles. The lowest BCUT2D eigenvalue weighted by molar-refractivity contribution is -0.134. The number of urea groups is 1. The molecule has 2 aromatic carbocycles. The van der Waals surface area contributed by atoms with E-state index in [0.717, 1.165) is 21.6 Å². The van der Waals surface area contributed by atoms with E-state index in [1.165, 1.54) is 0 Å².